The van der Waals surface area contributed by atoms with Crippen molar-refractivity contribution in [1.29, 1.82) is 0 Å². The third-order valence-corrected chi connectivity index (χ3v) is 3.93. The molecule has 1 N–H and O–H groups in total. The van der Waals surface area contributed by atoms with Crippen molar-refractivity contribution in [2.24, 2.45) is 0 Å². The lowest BCUT2D eigenvalue weighted by Crippen LogP contribution is -2.28. The predicted molar refractivity (Wildman–Crippen MR) is 79.8 cm³/mol. The summed E-state index contributed by atoms with van der Waals surface area (Å²) in [6.45, 7) is 0.909. The van der Waals surface area contributed by atoms with Gasteiger partial charge in [-0.05, 0) is 31.0 Å². The second-order valence-electron chi connectivity index (χ2n) is 5.61. The van der Waals surface area contributed by atoms with Crippen molar-refractivity contribution in [1.82, 2.24) is 9.78 Å². The van der Waals surface area contributed by atoms with E-state index in [9.17, 15) is 14.7 Å². The van der Waals surface area contributed by atoms with Crippen LogP contribution in [0.3, 0.4) is 0 Å². The van der Waals surface area contributed by atoms with Gasteiger partial charge in [0.25, 0.3) is 5.56 Å². The molecule has 7 nitrogen and oxygen atoms in total. The Morgan fingerprint density at radius 2 is 1.91 bits per heavy atom. The van der Waals surface area contributed by atoms with Crippen molar-refractivity contribution in [3.63, 3.8) is 0 Å². The first-order valence-corrected chi connectivity index (χ1v) is 7.41. The van der Waals surface area contributed by atoms with Gasteiger partial charge in [-0.25, -0.2) is 4.79 Å². The second-order valence-corrected chi connectivity index (χ2v) is 5.61. The van der Waals surface area contributed by atoms with Crippen LogP contribution in [-0.4, -0.2) is 34.1 Å². The number of aromatic carboxylic acids is 1. The van der Waals surface area contributed by atoms with E-state index in [4.69, 9.17) is 9.47 Å². The lowest BCUT2D eigenvalue weighted by atomic mass is 10.2. The maximum Gasteiger partial charge on any atom is 0.341 e. The van der Waals surface area contributed by atoms with Gasteiger partial charge >= 0.3 is 5.97 Å². The Morgan fingerprint density at radius 3 is 2.61 bits per heavy atom. The van der Waals surface area contributed by atoms with E-state index >= 15 is 0 Å². The van der Waals surface area contributed by atoms with Gasteiger partial charge in [-0.1, -0.05) is 0 Å². The van der Waals surface area contributed by atoms with Crippen molar-refractivity contribution in [3.05, 3.63) is 45.9 Å². The lowest BCUT2D eigenvalue weighted by Gasteiger charge is -2.19. The van der Waals surface area contributed by atoms with Gasteiger partial charge in [0.15, 0.2) is 11.5 Å². The number of carbonyl (C=O) groups is 1. The second kappa shape index (κ2) is 5.12. The molecule has 0 atom stereocenters. The SMILES string of the molecule is O=C(O)c1cc(C2CC2)nn(-c2ccc3c(c2)OCCO3)c1=O. The van der Waals surface area contributed by atoms with Crippen LogP contribution in [0, 0.1) is 0 Å². The number of nitrogens with zero attached hydrogens (tertiary/aromatic N) is 2. The standard InChI is InChI=1S/C16H14N2O5/c19-15-11(16(20)21)8-12(9-1-2-9)17-18(15)10-3-4-13-14(7-10)23-6-5-22-13/h3-4,7-9H,1-2,5-6H2,(H,20,21). The van der Waals surface area contributed by atoms with Gasteiger partial charge in [0.1, 0.15) is 18.8 Å². The topological polar surface area (TPSA) is 90.7 Å². The molecule has 0 spiro atoms. The predicted octanol–water partition coefficient (Wildman–Crippen LogP) is 1.58. The lowest BCUT2D eigenvalue weighted by molar-refractivity contribution is 0.0694. The Labute approximate surface area is 131 Å². The first-order chi connectivity index (χ1) is 11.1. The highest BCUT2D eigenvalue weighted by Crippen LogP contribution is 2.39. The van der Waals surface area contributed by atoms with E-state index in [0.29, 0.717) is 36.1 Å². The van der Waals surface area contributed by atoms with Gasteiger partial charge in [-0.2, -0.15) is 9.78 Å². The summed E-state index contributed by atoms with van der Waals surface area (Å²) in [5.74, 6) is 0.115. The fraction of sp³-hybridized carbons (Fsp3) is 0.312. The van der Waals surface area contributed by atoms with E-state index in [1.165, 1.54) is 6.07 Å². The summed E-state index contributed by atoms with van der Waals surface area (Å²) >= 11 is 0. The maximum absolute atomic E-state index is 12.4. The molecule has 2 aromatic rings. The number of fused-ring (bicyclic) bond motifs is 1. The van der Waals surface area contributed by atoms with Crippen LogP contribution in [0.1, 0.15) is 34.8 Å². The highest BCUT2D eigenvalue weighted by Gasteiger charge is 2.28. The van der Waals surface area contributed by atoms with Crippen LogP contribution >= 0.6 is 0 Å². The first-order valence-electron chi connectivity index (χ1n) is 7.41. The molecule has 1 aromatic carbocycles. The molecule has 1 aliphatic heterocycles. The van der Waals surface area contributed by atoms with E-state index in [-0.39, 0.29) is 11.5 Å². The molecule has 1 aromatic heterocycles. The van der Waals surface area contributed by atoms with E-state index in [2.05, 4.69) is 5.10 Å². The zero-order valence-corrected chi connectivity index (χ0v) is 12.2. The molecule has 0 bridgehead atoms. The molecule has 1 aliphatic carbocycles. The minimum atomic E-state index is -1.24. The molecule has 7 heteroatoms. The number of hydrogen-bond acceptors (Lipinski definition) is 5. The van der Waals surface area contributed by atoms with Crippen molar-refractivity contribution >= 4 is 5.97 Å². The molecule has 4 rings (SSSR count). The Hall–Kier alpha value is -2.83. The first kappa shape index (κ1) is 13.8. The summed E-state index contributed by atoms with van der Waals surface area (Å²) in [6.07, 6.45) is 1.93. The zero-order valence-electron chi connectivity index (χ0n) is 12.2. The Balaban J connectivity index is 1.87. The molecular weight excluding hydrogens is 300 g/mol. The van der Waals surface area contributed by atoms with Crippen molar-refractivity contribution in [3.8, 4) is 17.2 Å². The third-order valence-electron chi connectivity index (χ3n) is 3.93. The van der Waals surface area contributed by atoms with Gasteiger partial charge in [0.05, 0.1) is 11.4 Å². The van der Waals surface area contributed by atoms with Crippen LogP contribution in [-0.2, 0) is 0 Å². The highest BCUT2D eigenvalue weighted by molar-refractivity contribution is 5.87. The quantitative estimate of drug-likeness (QED) is 0.925. The van der Waals surface area contributed by atoms with Crippen molar-refractivity contribution in [2.45, 2.75) is 18.8 Å². The molecular formula is C16H14N2O5. The number of carboxylic acid groups (broad SMARTS) is 1. The molecule has 1 saturated carbocycles. The van der Waals surface area contributed by atoms with Gasteiger partial charge in [0.2, 0.25) is 0 Å². The molecule has 0 radical (unpaired) electrons. The van der Waals surface area contributed by atoms with Gasteiger partial charge < -0.3 is 14.6 Å². The summed E-state index contributed by atoms with van der Waals surface area (Å²) in [5.41, 5.74) is 0.177. The van der Waals surface area contributed by atoms with Crippen LogP contribution in [0.5, 0.6) is 11.5 Å². The molecule has 2 heterocycles. The third kappa shape index (κ3) is 2.44. The van der Waals surface area contributed by atoms with E-state index in [1.807, 2.05) is 0 Å². The minimum Gasteiger partial charge on any atom is -0.486 e. The molecule has 0 saturated heterocycles. The number of carboxylic acids is 1. The average molecular weight is 314 g/mol. The van der Waals surface area contributed by atoms with Gasteiger partial charge in [-0.15, -0.1) is 0 Å². The van der Waals surface area contributed by atoms with Crippen LogP contribution < -0.4 is 15.0 Å². The molecule has 2 aliphatic rings. The number of ether oxygens (including phenoxy) is 2. The molecule has 1 fully saturated rings. The normalized spacial score (nSPS) is 16.2. The average Bonchev–Trinajstić information content (AvgIpc) is 3.39. The number of benzene rings is 1. The molecule has 23 heavy (non-hydrogen) atoms. The summed E-state index contributed by atoms with van der Waals surface area (Å²) in [4.78, 5) is 23.8. The fourth-order valence-electron chi connectivity index (χ4n) is 2.58. The summed E-state index contributed by atoms with van der Waals surface area (Å²) in [7, 11) is 0. The number of rotatable bonds is 3. The maximum atomic E-state index is 12.4. The van der Waals surface area contributed by atoms with Crippen LogP contribution in [0.2, 0.25) is 0 Å². The Bertz CT molecular complexity index is 854. The van der Waals surface area contributed by atoms with Gasteiger partial charge in [0, 0.05) is 12.0 Å². The zero-order chi connectivity index (χ0) is 16.0. The number of aromatic nitrogens is 2. The summed E-state index contributed by atoms with van der Waals surface area (Å²) in [5, 5.41) is 13.6. The largest absolute Gasteiger partial charge is 0.486 e. The minimum absolute atomic E-state index is 0.233. The summed E-state index contributed by atoms with van der Waals surface area (Å²) in [6, 6.07) is 6.40. The van der Waals surface area contributed by atoms with E-state index < -0.39 is 11.5 Å². The smallest absolute Gasteiger partial charge is 0.341 e. The van der Waals surface area contributed by atoms with Crippen LogP contribution in [0.4, 0.5) is 0 Å². The fourth-order valence-corrected chi connectivity index (χ4v) is 2.58. The molecule has 0 amide bonds. The van der Waals surface area contributed by atoms with E-state index in [0.717, 1.165) is 17.5 Å². The monoisotopic (exact) mass is 314 g/mol. The molecule has 0 unspecified atom stereocenters. The number of hydrogen-bond donors (Lipinski definition) is 1. The Kier molecular flexibility index (Phi) is 3.07. The summed E-state index contributed by atoms with van der Waals surface area (Å²) < 4.78 is 12.1. The highest BCUT2D eigenvalue weighted by atomic mass is 16.6. The molecule has 118 valence electrons. The van der Waals surface area contributed by atoms with E-state index in [1.54, 1.807) is 18.2 Å². The van der Waals surface area contributed by atoms with Gasteiger partial charge in [-0.3, -0.25) is 4.79 Å². The van der Waals surface area contributed by atoms with Crippen LogP contribution in [0.25, 0.3) is 5.69 Å². The van der Waals surface area contributed by atoms with Crippen LogP contribution in [0.15, 0.2) is 29.1 Å². The Morgan fingerprint density at radius 1 is 1.17 bits per heavy atom. The van der Waals surface area contributed by atoms with Crippen molar-refractivity contribution in [2.75, 3.05) is 13.2 Å². The van der Waals surface area contributed by atoms with Crippen molar-refractivity contribution < 1.29 is 19.4 Å².